The number of carbonyl (C=O) groups is 1. The molecule has 27 heavy (non-hydrogen) atoms. The molecule has 0 amide bonds. The van der Waals surface area contributed by atoms with E-state index in [0.29, 0.717) is 12.2 Å². The molecule has 1 saturated heterocycles. The molecule has 140 valence electrons. The predicted molar refractivity (Wildman–Crippen MR) is 108 cm³/mol. The van der Waals surface area contributed by atoms with Crippen molar-refractivity contribution >= 4 is 22.7 Å². The maximum absolute atomic E-state index is 12.1. The lowest BCUT2D eigenvalue weighted by atomic mass is 10.1. The van der Waals surface area contributed by atoms with Crippen molar-refractivity contribution < 1.29 is 9.53 Å². The predicted octanol–water partition coefficient (Wildman–Crippen LogP) is 4.58. The Morgan fingerprint density at radius 3 is 2.70 bits per heavy atom. The zero-order valence-electron chi connectivity index (χ0n) is 15.7. The molecule has 1 aromatic heterocycles. The fraction of sp³-hybridized carbons (Fsp3) is 0.364. The molecule has 0 unspecified atom stereocenters. The minimum absolute atomic E-state index is 0.291. The molecule has 0 N–H and O–H groups in total. The van der Waals surface area contributed by atoms with Crippen LogP contribution in [-0.2, 0) is 4.74 Å². The normalized spacial score (nSPS) is 14.5. The van der Waals surface area contributed by atoms with Gasteiger partial charge in [0.2, 0.25) is 0 Å². The third-order valence-corrected chi connectivity index (χ3v) is 5.05. The van der Waals surface area contributed by atoms with Crippen molar-refractivity contribution in [2.24, 2.45) is 0 Å². The molecule has 1 fully saturated rings. The topological polar surface area (TPSA) is 47.4 Å². The first-order valence-electron chi connectivity index (χ1n) is 9.76. The van der Waals surface area contributed by atoms with Gasteiger partial charge in [0.25, 0.3) is 0 Å². The van der Waals surface area contributed by atoms with Crippen LogP contribution in [0.25, 0.3) is 16.7 Å². The van der Waals surface area contributed by atoms with Crippen molar-refractivity contribution in [1.82, 2.24) is 9.55 Å². The fourth-order valence-corrected chi connectivity index (χ4v) is 3.62. The van der Waals surface area contributed by atoms with Gasteiger partial charge in [0.1, 0.15) is 6.33 Å². The highest BCUT2D eigenvalue weighted by Gasteiger charge is 2.14. The number of fused-ring (bicyclic) bond motifs is 1. The molecule has 0 aliphatic carbocycles. The number of imidazole rings is 1. The largest absolute Gasteiger partial charge is 0.462 e. The lowest BCUT2D eigenvalue weighted by Gasteiger charge is -2.29. The fourth-order valence-electron chi connectivity index (χ4n) is 3.62. The minimum atomic E-state index is -0.291. The van der Waals surface area contributed by atoms with E-state index < -0.39 is 0 Å². The Hall–Kier alpha value is -2.82. The number of rotatable bonds is 5. The van der Waals surface area contributed by atoms with Crippen LogP contribution in [0.1, 0.15) is 43.0 Å². The summed E-state index contributed by atoms with van der Waals surface area (Å²) in [5.41, 5.74) is 4.67. The monoisotopic (exact) mass is 363 g/mol. The molecular formula is C22H25N3O2. The van der Waals surface area contributed by atoms with Crippen LogP contribution in [0.15, 0.2) is 48.8 Å². The Balaban J connectivity index is 1.63. The molecular weight excluding hydrogens is 338 g/mol. The molecule has 1 aliphatic rings. The number of aromatic nitrogens is 2. The quantitative estimate of drug-likeness (QED) is 0.623. The third kappa shape index (κ3) is 3.68. The Bertz CT molecular complexity index is 942. The summed E-state index contributed by atoms with van der Waals surface area (Å²) in [4.78, 5) is 19.0. The maximum atomic E-state index is 12.1. The number of esters is 1. The van der Waals surface area contributed by atoms with Gasteiger partial charge in [-0.25, -0.2) is 9.78 Å². The van der Waals surface area contributed by atoms with Crippen LogP contribution in [0.5, 0.6) is 0 Å². The van der Waals surface area contributed by atoms with Gasteiger partial charge in [-0.1, -0.05) is 13.0 Å². The summed E-state index contributed by atoms with van der Waals surface area (Å²) in [7, 11) is 0. The van der Waals surface area contributed by atoms with Crippen LogP contribution in [0, 0.1) is 0 Å². The Morgan fingerprint density at radius 1 is 1.07 bits per heavy atom. The number of benzene rings is 2. The van der Waals surface area contributed by atoms with Crippen molar-refractivity contribution in [3.05, 3.63) is 54.4 Å². The highest BCUT2D eigenvalue weighted by molar-refractivity contribution is 5.94. The lowest BCUT2D eigenvalue weighted by Crippen LogP contribution is -2.29. The van der Waals surface area contributed by atoms with Gasteiger partial charge in [0.15, 0.2) is 0 Å². The van der Waals surface area contributed by atoms with Crippen molar-refractivity contribution in [2.75, 3.05) is 24.6 Å². The Labute approximate surface area is 159 Å². The number of carbonyl (C=O) groups excluding carboxylic acids is 1. The molecule has 4 rings (SSSR count). The number of anilines is 1. The van der Waals surface area contributed by atoms with Crippen molar-refractivity contribution in [3.63, 3.8) is 0 Å². The van der Waals surface area contributed by atoms with Gasteiger partial charge in [-0.15, -0.1) is 0 Å². The van der Waals surface area contributed by atoms with Crippen LogP contribution in [-0.4, -0.2) is 35.2 Å². The van der Waals surface area contributed by atoms with E-state index in [2.05, 4.69) is 38.7 Å². The zero-order chi connectivity index (χ0) is 18.6. The van der Waals surface area contributed by atoms with Crippen LogP contribution < -0.4 is 4.90 Å². The average molecular weight is 363 g/mol. The molecule has 0 atom stereocenters. The number of piperidine rings is 1. The number of nitrogens with zero attached hydrogens (tertiary/aromatic N) is 3. The van der Waals surface area contributed by atoms with E-state index in [9.17, 15) is 4.79 Å². The van der Waals surface area contributed by atoms with Gasteiger partial charge in [0.05, 0.1) is 23.2 Å². The molecule has 0 bridgehead atoms. The first-order chi connectivity index (χ1) is 13.3. The van der Waals surface area contributed by atoms with Gasteiger partial charge in [-0.3, -0.25) is 4.57 Å². The molecule has 0 spiro atoms. The third-order valence-electron chi connectivity index (χ3n) is 5.05. The lowest BCUT2D eigenvalue weighted by molar-refractivity contribution is 0.0505. The first-order valence-corrected chi connectivity index (χ1v) is 9.76. The molecule has 0 saturated carbocycles. The second-order valence-electron chi connectivity index (χ2n) is 7.02. The average Bonchev–Trinajstić information content (AvgIpc) is 3.16. The summed E-state index contributed by atoms with van der Waals surface area (Å²) < 4.78 is 7.29. The molecule has 5 nitrogen and oxygen atoms in total. The van der Waals surface area contributed by atoms with Crippen molar-refractivity contribution in [3.8, 4) is 5.69 Å². The molecule has 0 radical (unpaired) electrons. The molecule has 3 aromatic rings. The number of ether oxygens (including phenoxy) is 1. The van der Waals surface area contributed by atoms with Crippen LogP contribution in [0.2, 0.25) is 0 Å². The summed E-state index contributed by atoms with van der Waals surface area (Å²) in [6.07, 6.45) is 6.48. The molecule has 2 aromatic carbocycles. The van der Waals surface area contributed by atoms with Crippen LogP contribution >= 0.6 is 0 Å². The summed E-state index contributed by atoms with van der Waals surface area (Å²) >= 11 is 0. The summed E-state index contributed by atoms with van der Waals surface area (Å²) in [5, 5.41) is 0. The van der Waals surface area contributed by atoms with Gasteiger partial charge >= 0.3 is 5.97 Å². The number of hydrogen-bond donors (Lipinski definition) is 0. The van der Waals surface area contributed by atoms with Gasteiger partial charge in [-0.05, 0) is 62.1 Å². The van der Waals surface area contributed by atoms with Crippen molar-refractivity contribution in [1.29, 1.82) is 0 Å². The van der Waals surface area contributed by atoms with Crippen LogP contribution in [0.4, 0.5) is 5.69 Å². The SMILES string of the molecule is CCCOC(=O)c1ccc2c(c1)ncn2-c1cccc(N2CCCCC2)c1. The van der Waals surface area contributed by atoms with E-state index in [1.807, 2.05) is 25.4 Å². The first kappa shape index (κ1) is 17.6. The highest BCUT2D eigenvalue weighted by Crippen LogP contribution is 2.25. The Kier molecular flexibility index (Phi) is 5.10. The van der Waals surface area contributed by atoms with Crippen molar-refractivity contribution in [2.45, 2.75) is 32.6 Å². The van der Waals surface area contributed by atoms with E-state index in [4.69, 9.17) is 4.74 Å². The van der Waals surface area contributed by atoms with Gasteiger partial charge in [0, 0.05) is 24.5 Å². The van der Waals surface area contributed by atoms with E-state index in [0.717, 1.165) is 36.2 Å². The van der Waals surface area contributed by atoms with E-state index in [-0.39, 0.29) is 5.97 Å². The molecule has 2 heterocycles. The smallest absolute Gasteiger partial charge is 0.338 e. The second-order valence-corrected chi connectivity index (χ2v) is 7.02. The summed E-state index contributed by atoms with van der Waals surface area (Å²) in [6, 6.07) is 14.1. The minimum Gasteiger partial charge on any atom is -0.462 e. The van der Waals surface area contributed by atoms with Gasteiger partial charge in [-0.2, -0.15) is 0 Å². The molecule has 5 heteroatoms. The van der Waals surface area contributed by atoms with E-state index >= 15 is 0 Å². The van der Waals surface area contributed by atoms with E-state index in [1.165, 1.54) is 24.9 Å². The standard InChI is InChI=1S/C22H25N3O2/c1-2-13-27-22(26)17-9-10-21-20(14-17)23-16-25(21)19-8-6-7-18(15-19)24-11-4-3-5-12-24/h6-10,14-16H,2-5,11-13H2,1H3. The highest BCUT2D eigenvalue weighted by atomic mass is 16.5. The number of hydrogen-bond acceptors (Lipinski definition) is 4. The van der Waals surface area contributed by atoms with Gasteiger partial charge < -0.3 is 9.64 Å². The van der Waals surface area contributed by atoms with Crippen LogP contribution in [0.3, 0.4) is 0 Å². The van der Waals surface area contributed by atoms with E-state index in [1.54, 1.807) is 6.07 Å². The zero-order valence-corrected chi connectivity index (χ0v) is 15.7. The molecule has 1 aliphatic heterocycles. The Morgan fingerprint density at radius 2 is 1.89 bits per heavy atom. The summed E-state index contributed by atoms with van der Waals surface area (Å²) in [6.45, 7) is 4.67. The summed E-state index contributed by atoms with van der Waals surface area (Å²) in [5.74, 6) is -0.291. The maximum Gasteiger partial charge on any atom is 0.338 e. The second kappa shape index (κ2) is 7.82.